The summed E-state index contributed by atoms with van der Waals surface area (Å²) in [6.07, 6.45) is 3.33. The first kappa shape index (κ1) is 15.0. The first-order valence-corrected chi connectivity index (χ1v) is 7.22. The molecule has 0 aliphatic carbocycles. The van der Waals surface area contributed by atoms with Crippen molar-refractivity contribution in [2.75, 3.05) is 18.4 Å². The quantitative estimate of drug-likeness (QED) is 0.911. The fraction of sp³-hybridized carbons (Fsp3) is 0.294. The molecular weight excluding hydrogens is 262 g/mol. The minimum Gasteiger partial charge on any atom is -0.354 e. The lowest BCUT2D eigenvalue weighted by molar-refractivity contribution is 0.0772. The van der Waals surface area contributed by atoms with Crippen LogP contribution in [0.1, 0.15) is 29.8 Å². The molecule has 4 heteroatoms. The summed E-state index contributed by atoms with van der Waals surface area (Å²) in [5.41, 5.74) is 3.62. The fourth-order valence-electron chi connectivity index (χ4n) is 2.12. The Morgan fingerprint density at radius 2 is 1.76 bits per heavy atom. The van der Waals surface area contributed by atoms with E-state index in [1.54, 1.807) is 17.3 Å². The predicted octanol–water partition coefficient (Wildman–Crippen LogP) is 3.62. The number of aromatic nitrogens is 1. The van der Waals surface area contributed by atoms with Gasteiger partial charge < -0.3 is 10.2 Å². The summed E-state index contributed by atoms with van der Waals surface area (Å²) in [6.45, 7) is 7.40. The number of carbonyl (C=O) groups is 1. The highest BCUT2D eigenvalue weighted by atomic mass is 16.2. The van der Waals surface area contributed by atoms with Gasteiger partial charge >= 0.3 is 0 Å². The van der Waals surface area contributed by atoms with Crippen molar-refractivity contribution in [2.24, 2.45) is 0 Å². The van der Waals surface area contributed by atoms with Gasteiger partial charge in [0.15, 0.2) is 0 Å². The summed E-state index contributed by atoms with van der Waals surface area (Å²) in [4.78, 5) is 18.3. The van der Waals surface area contributed by atoms with E-state index in [0.29, 0.717) is 18.7 Å². The second-order valence-corrected chi connectivity index (χ2v) is 4.93. The molecule has 0 atom stereocenters. The van der Waals surface area contributed by atoms with E-state index < -0.39 is 0 Å². The molecular formula is C17H21N3O. The normalized spacial score (nSPS) is 10.2. The number of nitrogens with zero attached hydrogens (tertiary/aromatic N) is 2. The number of hydrogen-bond acceptors (Lipinski definition) is 3. The smallest absolute Gasteiger partial charge is 0.255 e. The molecule has 4 nitrogen and oxygen atoms in total. The van der Waals surface area contributed by atoms with Crippen LogP contribution >= 0.6 is 0 Å². The molecule has 0 fully saturated rings. The Labute approximate surface area is 125 Å². The highest BCUT2D eigenvalue weighted by Crippen LogP contribution is 2.18. The predicted molar refractivity (Wildman–Crippen MR) is 86.0 cm³/mol. The standard InChI is InChI=1S/C17H21N3O/c1-4-20(5-2)17(21)14-10-16(12-18-11-14)19-15-8-6-13(3)7-9-15/h6-12,19H,4-5H2,1-3H3. The van der Waals surface area contributed by atoms with Crippen LogP contribution in [0, 0.1) is 6.92 Å². The molecule has 1 N–H and O–H groups in total. The van der Waals surface area contributed by atoms with Crippen molar-refractivity contribution >= 4 is 17.3 Å². The molecule has 1 heterocycles. The number of rotatable bonds is 5. The minimum atomic E-state index is 0.0139. The Hall–Kier alpha value is -2.36. The average Bonchev–Trinajstić information content (AvgIpc) is 2.51. The third-order valence-corrected chi connectivity index (χ3v) is 3.38. The van der Waals surface area contributed by atoms with Crippen LogP contribution in [0.25, 0.3) is 0 Å². The number of anilines is 2. The molecule has 0 unspecified atom stereocenters. The van der Waals surface area contributed by atoms with Gasteiger partial charge in [-0.1, -0.05) is 17.7 Å². The summed E-state index contributed by atoms with van der Waals surface area (Å²) in [5.74, 6) is 0.0139. The van der Waals surface area contributed by atoms with Crippen LogP contribution in [0.4, 0.5) is 11.4 Å². The minimum absolute atomic E-state index is 0.0139. The van der Waals surface area contributed by atoms with Crippen molar-refractivity contribution in [3.05, 3.63) is 53.9 Å². The summed E-state index contributed by atoms with van der Waals surface area (Å²) in [5, 5.41) is 3.27. The number of carbonyl (C=O) groups excluding carboxylic acids is 1. The highest BCUT2D eigenvalue weighted by molar-refractivity contribution is 5.94. The Morgan fingerprint density at radius 3 is 2.38 bits per heavy atom. The Kier molecular flexibility index (Phi) is 4.93. The zero-order chi connectivity index (χ0) is 15.2. The van der Waals surface area contributed by atoms with E-state index in [9.17, 15) is 4.79 Å². The second kappa shape index (κ2) is 6.88. The van der Waals surface area contributed by atoms with Gasteiger partial charge in [-0.2, -0.15) is 0 Å². The zero-order valence-corrected chi connectivity index (χ0v) is 12.8. The van der Waals surface area contributed by atoms with Crippen molar-refractivity contribution in [1.82, 2.24) is 9.88 Å². The number of hydrogen-bond donors (Lipinski definition) is 1. The van der Waals surface area contributed by atoms with Crippen LogP contribution in [0.2, 0.25) is 0 Å². The molecule has 0 spiro atoms. The van der Waals surface area contributed by atoms with Crippen LogP contribution in [-0.2, 0) is 0 Å². The molecule has 0 saturated heterocycles. The number of nitrogens with one attached hydrogen (secondary N) is 1. The van der Waals surface area contributed by atoms with Gasteiger partial charge in [0, 0.05) is 25.0 Å². The van der Waals surface area contributed by atoms with E-state index in [2.05, 4.69) is 17.2 Å². The van der Waals surface area contributed by atoms with Gasteiger partial charge in [-0.25, -0.2) is 0 Å². The van der Waals surface area contributed by atoms with Gasteiger partial charge in [-0.3, -0.25) is 9.78 Å². The third-order valence-electron chi connectivity index (χ3n) is 3.38. The van der Waals surface area contributed by atoms with E-state index >= 15 is 0 Å². The second-order valence-electron chi connectivity index (χ2n) is 4.93. The van der Waals surface area contributed by atoms with E-state index in [-0.39, 0.29) is 5.91 Å². The van der Waals surface area contributed by atoms with Crippen LogP contribution in [-0.4, -0.2) is 28.9 Å². The van der Waals surface area contributed by atoms with Crippen molar-refractivity contribution in [3.8, 4) is 0 Å². The lowest BCUT2D eigenvalue weighted by atomic mass is 10.2. The van der Waals surface area contributed by atoms with Gasteiger partial charge in [0.2, 0.25) is 0 Å². The van der Waals surface area contributed by atoms with Gasteiger partial charge in [0.1, 0.15) is 0 Å². The molecule has 0 aliphatic rings. The average molecular weight is 283 g/mol. The summed E-state index contributed by atoms with van der Waals surface area (Å²) < 4.78 is 0. The molecule has 0 saturated carbocycles. The highest BCUT2D eigenvalue weighted by Gasteiger charge is 2.13. The molecule has 110 valence electrons. The monoisotopic (exact) mass is 283 g/mol. The summed E-state index contributed by atoms with van der Waals surface area (Å²) in [6, 6.07) is 9.94. The maximum absolute atomic E-state index is 12.3. The maximum Gasteiger partial charge on any atom is 0.255 e. The molecule has 1 amide bonds. The zero-order valence-electron chi connectivity index (χ0n) is 12.8. The van der Waals surface area contributed by atoms with Crippen LogP contribution in [0.5, 0.6) is 0 Å². The molecule has 0 radical (unpaired) electrons. The maximum atomic E-state index is 12.3. The molecule has 0 aliphatic heterocycles. The van der Waals surface area contributed by atoms with E-state index in [1.165, 1.54) is 5.56 Å². The Balaban J connectivity index is 2.17. The molecule has 2 rings (SSSR count). The van der Waals surface area contributed by atoms with Crippen molar-refractivity contribution in [3.63, 3.8) is 0 Å². The largest absolute Gasteiger partial charge is 0.354 e. The van der Waals surface area contributed by atoms with Crippen LogP contribution in [0.15, 0.2) is 42.7 Å². The summed E-state index contributed by atoms with van der Waals surface area (Å²) >= 11 is 0. The van der Waals surface area contributed by atoms with Gasteiger partial charge in [0.05, 0.1) is 17.4 Å². The van der Waals surface area contributed by atoms with E-state index in [4.69, 9.17) is 0 Å². The molecule has 1 aromatic carbocycles. The van der Waals surface area contributed by atoms with Crippen molar-refractivity contribution in [2.45, 2.75) is 20.8 Å². The first-order valence-electron chi connectivity index (χ1n) is 7.22. The van der Waals surface area contributed by atoms with E-state index in [1.807, 2.05) is 44.2 Å². The fourth-order valence-corrected chi connectivity index (χ4v) is 2.12. The molecule has 2 aromatic rings. The van der Waals surface area contributed by atoms with E-state index in [0.717, 1.165) is 11.4 Å². The lowest BCUT2D eigenvalue weighted by Crippen LogP contribution is -2.30. The van der Waals surface area contributed by atoms with Crippen molar-refractivity contribution in [1.29, 1.82) is 0 Å². The topological polar surface area (TPSA) is 45.2 Å². The third kappa shape index (κ3) is 3.81. The van der Waals surface area contributed by atoms with Gasteiger partial charge in [-0.15, -0.1) is 0 Å². The summed E-state index contributed by atoms with van der Waals surface area (Å²) in [7, 11) is 0. The molecule has 1 aromatic heterocycles. The number of benzene rings is 1. The van der Waals surface area contributed by atoms with Crippen LogP contribution in [0.3, 0.4) is 0 Å². The number of amides is 1. The first-order chi connectivity index (χ1) is 10.1. The number of aryl methyl sites for hydroxylation is 1. The molecule has 21 heavy (non-hydrogen) atoms. The molecule has 0 bridgehead atoms. The lowest BCUT2D eigenvalue weighted by Gasteiger charge is -2.18. The SMILES string of the molecule is CCN(CC)C(=O)c1cncc(Nc2ccc(C)cc2)c1. The van der Waals surface area contributed by atoms with Gasteiger partial charge in [-0.05, 0) is 39.0 Å². The Bertz CT molecular complexity index is 604. The Morgan fingerprint density at radius 1 is 1.10 bits per heavy atom. The number of pyridine rings is 1. The van der Waals surface area contributed by atoms with Crippen molar-refractivity contribution < 1.29 is 4.79 Å². The van der Waals surface area contributed by atoms with Gasteiger partial charge in [0.25, 0.3) is 5.91 Å². The van der Waals surface area contributed by atoms with Crippen LogP contribution < -0.4 is 5.32 Å².